The predicted molar refractivity (Wildman–Crippen MR) is 16.6 cm³/mol. The first-order chi connectivity index (χ1) is 2.83. The average molecular weight is 179 g/mol. The molecule has 0 saturated carbocycles. The van der Waals surface area contributed by atoms with Gasteiger partial charge in [0, 0.05) is 0 Å². The van der Waals surface area contributed by atoms with Crippen molar-refractivity contribution in [2.24, 2.45) is 0 Å². The van der Waals surface area contributed by atoms with Crippen LogP contribution in [0.15, 0.2) is 0 Å². The van der Waals surface area contributed by atoms with Crippen molar-refractivity contribution >= 4 is 12.9 Å². The van der Waals surface area contributed by atoms with E-state index >= 15 is 0 Å². The fraction of sp³-hybridized carbons (Fsp3) is 0. The van der Waals surface area contributed by atoms with Crippen molar-refractivity contribution in [1.29, 1.82) is 0 Å². The van der Waals surface area contributed by atoms with E-state index < -0.39 is 0 Å². The van der Waals surface area contributed by atoms with Crippen LogP contribution in [0.2, 0.25) is 0 Å². The van der Waals surface area contributed by atoms with Gasteiger partial charge in [-0.1, -0.05) is 12.9 Å². The molecule has 0 aromatic rings. The summed E-state index contributed by atoms with van der Waals surface area (Å²) in [5.74, 6) is 0. The minimum Gasteiger partial charge on any atom is -0.665 e. The summed E-state index contributed by atoms with van der Waals surface area (Å²) < 4.78 is 0. The molecular weight excluding hydrogens is 177 g/mol. The molecule has 0 rings (SSSR count). The number of rotatable bonds is 0. The Morgan fingerprint density at radius 1 is 1.00 bits per heavy atom. The molecule has 0 aromatic carbocycles. The molecule has 7 heavy (non-hydrogen) atoms. The summed E-state index contributed by atoms with van der Waals surface area (Å²) >= 11 is 0. The zero-order valence-electron chi connectivity index (χ0n) is 3.29. The van der Waals surface area contributed by atoms with Gasteiger partial charge in [-0.15, -0.1) is 0 Å². The number of hydrogen-bond acceptors (Lipinski definition) is 2. The van der Waals surface area contributed by atoms with Crippen LogP contribution in [0.25, 0.3) is 0 Å². The Morgan fingerprint density at radius 3 is 1.00 bits per heavy atom. The van der Waals surface area contributed by atoms with Gasteiger partial charge in [0.15, 0.2) is 0 Å². The molecule has 0 aliphatic rings. The van der Waals surface area contributed by atoms with Gasteiger partial charge in [0.05, 0.1) is 0 Å². The molecule has 0 aromatic heterocycles. The van der Waals surface area contributed by atoms with E-state index in [9.17, 15) is 0 Å². The largest absolute Gasteiger partial charge is 3.00 e. The minimum atomic E-state index is 0. The molecule has 0 bridgehead atoms. The average Bonchev–Trinajstić information content (AvgIpc) is 1.39. The van der Waals surface area contributed by atoms with E-state index in [4.69, 9.17) is 19.8 Å². The van der Waals surface area contributed by atoms with Gasteiger partial charge in [0.1, 0.15) is 0 Å². The Labute approximate surface area is 65.4 Å². The summed E-state index contributed by atoms with van der Waals surface area (Å²) in [4.78, 5) is 16.5. The summed E-state index contributed by atoms with van der Waals surface area (Å²) in [6, 6.07) is 0. The van der Waals surface area contributed by atoms with Crippen LogP contribution in [0.4, 0.5) is 0 Å². The van der Waals surface area contributed by atoms with Crippen LogP contribution in [0.1, 0.15) is 0 Å². The smallest absolute Gasteiger partial charge is 0.665 e. The van der Waals surface area contributed by atoms with Gasteiger partial charge in [0.25, 0.3) is 0 Å². The molecule has 0 saturated heterocycles. The monoisotopic (exact) mass is 179 g/mol. The molecular formula is C2H2O4Y+. The van der Waals surface area contributed by atoms with Gasteiger partial charge in [-0.2, -0.15) is 0 Å². The molecule has 0 aliphatic heterocycles. The first-order valence-electron chi connectivity index (χ1n) is 0.855. The van der Waals surface area contributed by atoms with Gasteiger partial charge in [-0.25, -0.2) is 0 Å². The van der Waals surface area contributed by atoms with Crippen molar-refractivity contribution in [3.05, 3.63) is 0 Å². The molecule has 0 aliphatic carbocycles. The van der Waals surface area contributed by atoms with Crippen LogP contribution in [0, 0.1) is 0 Å². The molecule has 4 nitrogen and oxygen atoms in total. The second-order valence-corrected chi connectivity index (χ2v) is 0.183. The molecule has 2 N–H and O–H groups in total. The maximum absolute atomic E-state index is 8.24. The third-order valence-electron chi connectivity index (χ3n) is 0. The van der Waals surface area contributed by atoms with Gasteiger partial charge in [0.2, 0.25) is 0 Å². The molecule has 0 amide bonds. The zero-order chi connectivity index (χ0) is 5.41. The van der Waals surface area contributed by atoms with Crippen molar-refractivity contribution < 1.29 is 52.5 Å². The Balaban J connectivity index is -0.0000000400. The normalized spacial score (nSPS) is 3.43. The summed E-state index contributed by atoms with van der Waals surface area (Å²) in [6.07, 6.45) is 0. The second-order valence-electron chi connectivity index (χ2n) is 0.183. The molecule has 36 valence electrons. The second kappa shape index (κ2) is 36.8. The van der Waals surface area contributed by atoms with E-state index in [1.807, 2.05) is 0 Å². The zero-order valence-corrected chi connectivity index (χ0v) is 6.13. The summed E-state index contributed by atoms with van der Waals surface area (Å²) in [5, 5.41) is 13.5. The standard InChI is InChI=1S/2CHO2.Y/c2*2-1-3;/h2*(H,2,3);/q2*-1;+3. The Hall–Kier alpha value is 0.0439. The van der Waals surface area contributed by atoms with E-state index in [0.29, 0.717) is 12.9 Å². The summed E-state index contributed by atoms with van der Waals surface area (Å²) in [7, 11) is 0. The van der Waals surface area contributed by atoms with Crippen molar-refractivity contribution in [2.45, 2.75) is 0 Å². The quantitative estimate of drug-likeness (QED) is 0.478. The maximum atomic E-state index is 8.24. The molecule has 0 atom stereocenters. The Morgan fingerprint density at radius 2 is 1.00 bits per heavy atom. The fourth-order valence-electron chi connectivity index (χ4n) is 0. The first kappa shape index (κ1) is 15.7. The molecule has 0 unspecified atom stereocenters. The van der Waals surface area contributed by atoms with Crippen LogP contribution in [-0.2, 0) is 42.3 Å². The molecule has 0 radical (unpaired) electrons. The third kappa shape index (κ3) is 51300. The van der Waals surface area contributed by atoms with Gasteiger partial charge in [-0.3, -0.25) is 0 Å². The predicted octanol–water partition coefficient (Wildman–Crippen LogP) is -0.779. The van der Waals surface area contributed by atoms with E-state index in [-0.39, 0.29) is 32.7 Å². The first-order valence-corrected chi connectivity index (χ1v) is 0.855. The van der Waals surface area contributed by atoms with E-state index in [2.05, 4.69) is 0 Å². The van der Waals surface area contributed by atoms with Crippen LogP contribution >= 0.6 is 0 Å². The van der Waals surface area contributed by atoms with Crippen LogP contribution < -0.4 is 0 Å². The number of hydrogen-bond donors (Lipinski definition) is 2. The molecule has 0 heterocycles. The molecule has 0 fully saturated rings. The van der Waals surface area contributed by atoms with Crippen molar-refractivity contribution in [1.82, 2.24) is 0 Å². The summed E-state index contributed by atoms with van der Waals surface area (Å²) in [5.41, 5.74) is 0. The van der Waals surface area contributed by atoms with Crippen LogP contribution in [-0.4, -0.2) is 23.2 Å². The third-order valence-corrected chi connectivity index (χ3v) is 0. The van der Waals surface area contributed by atoms with Crippen LogP contribution in [0.3, 0.4) is 0 Å². The van der Waals surface area contributed by atoms with Gasteiger partial charge in [-0.05, 0) is 0 Å². The SMILES string of the molecule is O=[C-]O.O=[C-]O.[Y+3]. The van der Waals surface area contributed by atoms with E-state index in [1.165, 1.54) is 0 Å². The van der Waals surface area contributed by atoms with Gasteiger partial charge >= 0.3 is 32.7 Å². The fourth-order valence-corrected chi connectivity index (χ4v) is 0. The van der Waals surface area contributed by atoms with Gasteiger partial charge < -0.3 is 19.8 Å². The molecule has 0 spiro atoms. The Kier molecular flexibility index (Phi) is 82.7. The van der Waals surface area contributed by atoms with Crippen molar-refractivity contribution in [3.8, 4) is 0 Å². The van der Waals surface area contributed by atoms with E-state index in [0.717, 1.165) is 0 Å². The number of aliphatic hydroxyl groups excluding tert-OH is 2. The molecule has 5 heteroatoms. The topological polar surface area (TPSA) is 74.6 Å². The maximum Gasteiger partial charge on any atom is 3.00 e. The minimum absolute atomic E-state index is 0. The van der Waals surface area contributed by atoms with Crippen molar-refractivity contribution in [3.63, 3.8) is 0 Å². The summed E-state index contributed by atoms with van der Waals surface area (Å²) in [6.45, 7) is 1.00. The van der Waals surface area contributed by atoms with E-state index in [1.54, 1.807) is 0 Å². The van der Waals surface area contributed by atoms with Crippen LogP contribution in [0.5, 0.6) is 0 Å². The Bertz CT molecular complexity index is 30.7. The van der Waals surface area contributed by atoms with Crippen molar-refractivity contribution in [2.75, 3.05) is 0 Å².